The smallest absolute Gasteiger partial charge is 0.224 e. The number of halogens is 2. The summed E-state index contributed by atoms with van der Waals surface area (Å²) in [6, 6.07) is 5.96. The van der Waals surface area contributed by atoms with E-state index in [4.69, 9.17) is 0 Å². The zero-order valence-corrected chi connectivity index (χ0v) is 14.0. The molecule has 1 fully saturated rings. The van der Waals surface area contributed by atoms with Crippen LogP contribution in [0.25, 0.3) is 0 Å². The molecule has 0 heterocycles. The molecular weight excluding hydrogens is 405 g/mol. The van der Waals surface area contributed by atoms with E-state index in [2.05, 4.69) is 43.8 Å². The minimum absolute atomic E-state index is 0.129. The molecule has 1 aliphatic rings. The molecule has 1 amide bonds. The van der Waals surface area contributed by atoms with Gasteiger partial charge in [-0.3, -0.25) is 4.79 Å². The van der Waals surface area contributed by atoms with Crippen molar-refractivity contribution in [1.29, 1.82) is 0 Å². The van der Waals surface area contributed by atoms with Gasteiger partial charge in [-0.2, -0.15) is 0 Å². The van der Waals surface area contributed by atoms with Crippen molar-refractivity contribution >= 4 is 50.1 Å². The first kappa shape index (κ1) is 14.3. The van der Waals surface area contributed by atoms with Crippen molar-refractivity contribution in [3.8, 4) is 0 Å². The lowest BCUT2D eigenvalue weighted by Gasteiger charge is -2.10. The van der Waals surface area contributed by atoms with Crippen LogP contribution in [0, 0.1) is 9.49 Å². The van der Waals surface area contributed by atoms with Crippen molar-refractivity contribution in [2.75, 3.05) is 5.32 Å². The van der Waals surface area contributed by atoms with Gasteiger partial charge in [0, 0.05) is 14.5 Å². The fourth-order valence-electron chi connectivity index (χ4n) is 2.44. The molecular formula is C14H17BrINO. The average molecular weight is 422 g/mol. The molecule has 0 spiro atoms. The van der Waals surface area contributed by atoms with Crippen molar-refractivity contribution in [3.05, 3.63) is 26.2 Å². The van der Waals surface area contributed by atoms with Crippen molar-refractivity contribution in [2.24, 2.45) is 5.92 Å². The minimum Gasteiger partial charge on any atom is -0.325 e. The molecule has 0 aromatic heterocycles. The van der Waals surface area contributed by atoms with E-state index in [1.807, 2.05) is 18.2 Å². The Bertz CT molecular complexity index is 430. The number of nitrogens with one attached hydrogen (secondary N) is 1. The molecule has 0 radical (unpaired) electrons. The Hall–Kier alpha value is -0.100. The van der Waals surface area contributed by atoms with Crippen LogP contribution in [0.5, 0.6) is 0 Å². The Morgan fingerprint density at radius 3 is 2.83 bits per heavy atom. The summed E-state index contributed by atoms with van der Waals surface area (Å²) in [6.45, 7) is 0. The molecule has 2 rings (SSSR count). The van der Waals surface area contributed by atoms with Gasteiger partial charge in [-0.15, -0.1) is 0 Å². The highest BCUT2D eigenvalue weighted by Gasteiger charge is 2.16. The minimum atomic E-state index is 0.129. The molecule has 18 heavy (non-hydrogen) atoms. The van der Waals surface area contributed by atoms with E-state index in [1.165, 1.54) is 25.7 Å². The van der Waals surface area contributed by atoms with Gasteiger partial charge < -0.3 is 5.32 Å². The predicted octanol–water partition coefficient (Wildman–Crippen LogP) is 4.96. The van der Waals surface area contributed by atoms with Gasteiger partial charge in [0.2, 0.25) is 5.91 Å². The van der Waals surface area contributed by atoms with E-state index >= 15 is 0 Å². The summed E-state index contributed by atoms with van der Waals surface area (Å²) in [6.07, 6.45) is 6.97. The Labute approximate surface area is 130 Å². The fraction of sp³-hybridized carbons (Fsp3) is 0.500. The number of anilines is 1. The molecule has 98 valence electrons. The van der Waals surface area contributed by atoms with Gasteiger partial charge in [0.1, 0.15) is 0 Å². The number of hydrogen-bond acceptors (Lipinski definition) is 1. The maximum absolute atomic E-state index is 11.9. The van der Waals surface area contributed by atoms with Crippen LogP contribution in [-0.2, 0) is 4.79 Å². The van der Waals surface area contributed by atoms with Crippen LogP contribution in [0.1, 0.15) is 38.5 Å². The fourth-order valence-corrected chi connectivity index (χ4v) is 3.28. The zero-order chi connectivity index (χ0) is 13.0. The second kappa shape index (κ2) is 6.89. The molecule has 0 saturated heterocycles. The first-order valence-corrected chi connectivity index (χ1v) is 8.27. The van der Waals surface area contributed by atoms with Gasteiger partial charge in [-0.05, 0) is 69.1 Å². The molecule has 1 saturated carbocycles. The Balaban J connectivity index is 1.84. The third-order valence-corrected chi connectivity index (χ3v) is 4.82. The van der Waals surface area contributed by atoms with Crippen molar-refractivity contribution in [2.45, 2.75) is 38.5 Å². The van der Waals surface area contributed by atoms with Crippen LogP contribution >= 0.6 is 38.5 Å². The van der Waals surface area contributed by atoms with Gasteiger partial charge in [-0.25, -0.2) is 0 Å². The molecule has 0 atom stereocenters. The van der Waals surface area contributed by atoms with Crippen molar-refractivity contribution < 1.29 is 4.79 Å². The predicted molar refractivity (Wildman–Crippen MR) is 86.7 cm³/mol. The second-order valence-corrected chi connectivity index (χ2v) is 6.96. The van der Waals surface area contributed by atoms with E-state index in [0.717, 1.165) is 26.1 Å². The van der Waals surface area contributed by atoms with Crippen molar-refractivity contribution in [1.82, 2.24) is 0 Å². The lowest BCUT2D eigenvalue weighted by atomic mass is 10.0. The molecule has 2 nitrogen and oxygen atoms in total. The highest BCUT2D eigenvalue weighted by molar-refractivity contribution is 14.1. The third-order valence-electron chi connectivity index (χ3n) is 3.46. The largest absolute Gasteiger partial charge is 0.325 e. The normalized spacial score (nSPS) is 15.9. The van der Waals surface area contributed by atoms with E-state index in [1.54, 1.807) is 0 Å². The number of rotatable bonds is 4. The number of amides is 1. The molecule has 0 unspecified atom stereocenters. The first-order chi connectivity index (χ1) is 8.65. The molecule has 1 N–H and O–H groups in total. The summed E-state index contributed by atoms with van der Waals surface area (Å²) in [5.74, 6) is 0.903. The molecule has 4 heteroatoms. The van der Waals surface area contributed by atoms with E-state index in [0.29, 0.717) is 6.42 Å². The van der Waals surface area contributed by atoms with E-state index in [-0.39, 0.29) is 5.91 Å². The van der Waals surface area contributed by atoms with Crippen LogP contribution in [0.15, 0.2) is 22.7 Å². The van der Waals surface area contributed by atoms with Crippen molar-refractivity contribution in [3.63, 3.8) is 0 Å². The summed E-state index contributed by atoms with van der Waals surface area (Å²) in [5, 5.41) is 2.98. The summed E-state index contributed by atoms with van der Waals surface area (Å²) in [5.41, 5.74) is 0.873. The Kier molecular flexibility index (Phi) is 5.48. The SMILES string of the molecule is O=C(CCC1CCCC1)Nc1cc(I)ccc1Br. The van der Waals surface area contributed by atoms with Gasteiger partial charge in [0.25, 0.3) is 0 Å². The number of benzene rings is 1. The van der Waals surface area contributed by atoms with Crippen LogP contribution in [0.3, 0.4) is 0 Å². The highest BCUT2D eigenvalue weighted by Crippen LogP contribution is 2.29. The summed E-state index contributed by atoms with van der Waals surface area (Å²) in [4.78, 5) is 11.9. The monoisotopic (exact) mass is 421 g/mol. The van der Waals surface area contributed by atoms with Gasteiger partial charge >= 0.3 is 0 Å². The number of carbonyl (C=O) groups excluding carboxylic acids is 1. The third kappa shape index (κ3) is 4.23. The summed E-state index contributed by atoms with van der Waals surface area (Å²) < 4.78 is 2.07. The molecule has 1 aliphatic carbocycles. The van der Waals surface area contributed by atoms with E-state index in [9.17, 15) is 4.79 Å². The maximum atomic E-state index is 11.9. The standard InChI is InChI=1S/C14H17BrINO/c15-12-7-6-11(16)9-13(12)17-14(18)8-5-10-3-1-2-4-10/h6-7,9-10H,1-5,8H2,(H,17,18). The van der Waals surface area contributed by atoms with Gasteiger partial charge in [0.15, 0.2) is 0 Å². The second-order valence-electron chi connectivity index (χ2n) is 4.86. The van der Waals surface area contributed by atoms with Crippen LogP contribution in [0.2, 0.25) is 0 Å². The Morgan fingerprint density at radius 2 is 2.11 bits per heavy atom. The van der Waals surface area contributed by atoms with E-state index < -0.39 is 0 Å². The topological polar surface area (TPSA) is 29.1 Å². The molecule has 1 aromatic rings. The molecule has 0 aliphatic heterocycles. The van der Waals surface area contributed by atoms with Gasteiger partial charge in [-0.1, -0.05) is 25.7 Å². The van der Waals surface area contributed by atoms with Crippen LogP contribution < -0.4 is 5.32 Å². The zero-order valence-electron chi connectivity index (χ0n) is 10.2. The quantitative estimate of drug-likeness (QED) is 0.683. The average Bonchev–Trinajstić information content (AvgIpc) is 2.84. The lowest BCUT2D eigenvalue weighted by molar-refractivity contribution is -0.116. The number of carbonyl (C=O) groups is 1. The summed E-state index contributed by atoms with van der Waals surface area (Å²) in [7, 11) is 0. The lowest BCUT2D eigenvalue weighted by Crippen LogP contribution is -2.13. The maximum Gasteiger partial charge on any atom is 0.224 e. The van der Waals surface area contributed by atoms with Crippen LogP contribution in [0.4, 0.5) is 5.69 Å². The molecule has 0 bridgehead atoms. The highest BCUT2D eigenvalue weighted by atomic mass is 127. The van der Waals surface area contributed by atoms with Crippen LogP contribution in [-0.4, -0.2) is 5.91 Å². The molecule has 1 aromatic carbocycles. The Morgan fingerprint density at radius 1 is 1.39 bits per heavy atom. The first-order valence-electron chi connectivity index (χ1n) is 6.40. The van der Waals surface area contributed by atoms with Gasteiger partial charge in [0.05, 0.1) is 5.69 Å². The summed E-state index contributed by atoms with van der Waals surface area (Å²) >= 11 is 5.71. The number of hydrogen-bond donors (Lipinski definition) is 1.